The van der Waals surface area contributed by atoms with Gasteiger partial charge in [0.25, 0.3) is 0 Å². The highest BCUT2D eigenvalue weighted by atomic mass is 16.6. The first-order valence-electron chi connectivity index (χ1n) is 12.6. The molecule has 1 aromatic carbocycles. The van der Waals surface area contributed by atoms with Gasteiger partial charge in [-0.05, 0) is 49.5 Å². The molecule has 2 saturated heterocycles. The molecule has 188 valence electrons. The van der Waals surface area contributed by atoms with Crippen molar-refractivity contribution in [2.24, 2.45) is 11.8 Å². The maximum atomic E-state index is 13.7. The first-order valence-corrected chi connectivity index (χ1v) is 12.6. The summed E-state index contributed by atoms with van der Waals surface area (Å²) in [6.45, 7) is 10.4. The highest BCUT2D eigenvalue weighted by Crippen LogP contribution is 2.22. The summed E-state index contributed by atoms with van der Waals surface area (Å²) in [5, 5.41) is 1.36. The van der Waals surface area contributed by atoms with E-state index in [-0.39, 0.29) is 23.7 Å². The summed E-state index contributed by atoms with van der Waals surface area (Å²) in [6, 6.07) is 9.22. The molecule has 2 atom stereocenters. The molecule has 0 aliphatic carbocycles. The fourth-order valence-electron chi connectivity index (χ4n) is 4.56. The Labute approximate surface area is 203 Å². The van der Waals surface area contributed by atoms with Crippen LogP contribution in [0.4, 0.5) is 9.59 Å². The maximum absolute atomic E-state index is 13.7. The SMILES string of the molecule is CC(C)C[C@@H](C(=O)C1NN(CC(C)C)C(=O)O1)N(CCc1ccccc1)C(=O)N1CCCCC1. The van der Waals surface area contributed by atoms with Crippen LogP contribution in [0.3, 0.4) is 0 Å². The van der Waals surface area contributed by atoms with Gasteiger partial charge < -0.3 is 14.5 Å². The van der Waals surface area contributed by atoms with Crippen LogP contribution in [0.1, 0.15) is 58.9 Å². The third kappa shape index (κ3) is 6.95. The van der Waals surface area contributed by atoms with E-state index in [4.69, 9.17) is 4.74 Å². The number of hydrazine groups is 1. The Balaban J connectivity index is 1.83. The molecular weight excluding hydrogens is 432 g/mol. The van der Waals surface area contributed by atoms with Crippen LogP contribution in [0.2, 0.25) is 0 Å². The van der Waals surface area contributed by atoms with Crippen molar-refractivity contribution in [1.82, 2.24) is 20.2 Å². The van der Waals surface area contributed by atoms with Crippen LogP contribution >= 0.6 is 0 Å². The second-order valence-electron chi connectivity index (χ2n) is 10.2. The van der Waals surface area contributed by atoms with E-state index < -0.39 is 18.4 Å². The Morgan fingerprint density at radius 2 is 1.74 bits per heavy atom. The van der Waals surface area contributed by atoms with Gasteiger partial charge in [0.15, 0.2) is 0 Å². The highest BCUT2D eigenvalue weighted by Gasteiger charge is 2.42. The first kappa shape index (κ1) is 26.0. The molecule has 1 unspecified atom stereocenters. The van der Waals surface area contributed by atoms with Gasteiger partial charge in [-0.1, -0.05) is 58.0 Å². The third-order valence-electron chi connectivity index (χ3n) is 6.27. The van der Waals surface area contributed by atoms with E-state index in [9.17, 15) is 14.4 Å². The minimum atomic E-state index is -1.08. The first-order chi connectivity index (χ1) is 16.3. The van der Waals surface area contributed by atoms with Crippen molar-refractivity contribution >= 4 is 17.9 Å². The molecule has 2 fully saturated rings. The van der Waals surface area contributed by atoms with Gasteiger partial charge in [0.2, 0.25) is 12.0 Å². The fraction of sp³-hybridized carbons (Fsp3) is 0.654. The predicted octanol–water partition coefficient (Wildman–Crippen LogP) is 4.06. The number of benzene rings is 1. The van der Waals surface area contributed by atoms with Gasteiger partial charge in [0.1, 0.15) is 0 Å². The lowest BCUT2D eigenvalue weighted by Crippen LogP contribution is -2.56. The van der Waals surface area contributed by atoms with E-state index in [1.807, 2.05) is 62.9 Å². The van der Waals surface area contributed by atoms with E-state index in [2.05, 4.69) is 5.43 Å². The van der Waals surface area contributed by atoms with Crippen molar-refractivity contribution in [2.75, 3.05) is 26.2 Å². The Morgan fingerprint density at radius 1 is 1.06 bits per heavy atom. The molecule has 1 aromatic rings. The zero-order valence-corrected chi connectivity index (χ0v) is 21.0. The number of likely N-dealkylation sites (tertiary alicyclic amines) is 1. The monoisotopic (exact) mass is 472 g/mol. The quantitative estimate of drug-likeness (QED) is 0.555. The average molecular weight is 473 g/mol. The fourth-order valence-corrected chi connectivity index (χ4v) is 4.56. The number of hydrogen-bond acceptors (Lipinski definition) is 5. The number of ketones is 1. The Hall–Kier alpha value is -2.61. The summed E-state index contributed by atoms with van der Waals surface area (Å²) in [5.74, 6) is 0.140. The lowest BCUT2D eigenvalue weighted by atomic mass is 9.97. The summed E-state index contributed by atoms with van der Waals surface area (Å²) < 4.78 is 5.41. The summed E-state index contributed by atoms with van der Waals surface area (Å²) in [5.41, 5.74) is 4.05. The second kappa shape index (κ2) is 12.2. The topological polar surface area (TPSA) is 82.2 Å². The number of rotatable bonds is 10. The van der Waals surface area contributed by atoms with Crippen LogP contribution in [-0.2, 0) is 16.0 Å². The van der Waals surface area contributed by atoms with Crippen molar-refractivity contribution in [3.8, 4) is 0 Å². The number of ether oxygens (including phenoxy) is 1. The maximum Gasteiger partial charge on any atom is 0.426 e. The zero-order chi connectivity index (χ0) is 24.7. The number of Topliss-reactive ketones (excluding diaryl/α,β-unsaturated/α-hetero) is 1. The number of hydrogen-bond donors (Lipinski definition) is 1. The van der Waals surface area contributed by atoms with Crippen molar-refractivity contribution in [3.05, 3.63) is 35.9 Å². The summed E-state index contributed by atoms with van der Waals surface area (Å²) in [7, 11) is 0. The summed E-state index contributed by atoms with van der Waals surface area (Å²) in [4.78, 5) is 43.3. The molecule has 2 aliphatic heterocycles. The van der Waals surface area contributed by atoms with Gasteiger partial charge in [-0.3, -0.25) is 4.79 Å². The number of urea groups is 1. The van der Waals surface area contributed by atoms with Crippen LogP contribution in [0.5, 0.6) is 0 Å². The second-order valence-corrected chi connectivity index (χ2v) is 10.2. The molecule has 0 radical (unpaired) electrons. The van der Waals surface area contributed by atoms with Crippen molar-refractivity contribution < 1.29 is 19.1 Å². The zero-order valence-electron chi connectivity index (χ0n) is 21.0. The third-order valence-corrected chi connectivity index (χ3v) is 6.27. The number of piperidine rings is 1. The van der Waals surface area contributed by atoms with E-state index in [1.165, 1.54) is 5.01 Å². The molecule has 2 aliphatic rings. The molecule has 0 saturated carbocycles. The van der Waals surface area contributed by atoms with Crippen LogP contribution < -0.4 is 5.43 Å². The number of carbonyl (C=O) groups excluding carboxylic acids is 3. The number of amides is 3. The molecule has 0 bridgehead atoms. The number of nitrogens with one attached hydrogen (secondary N) is 1. The lowest BCUT2D eigenvalue weighted by molar-refractivity contribution is -0.132. The van der Waals surface area contributed by atoms with E-state index >= 15 is 0 Å². The Morgan fingerprint density at radius 3 is 2.35 bits per heavy atom. The van der Waals surface area contributed by atoms with E-state index in [0.29, 0.717) is 39.0 Å². The van der Waals surface area contributed by atoms with Crippen LogP contribution in [0.25, 0.3) is 0 Å². The minimum Gasteiger partial charge on any atom is -0.420 e. The Bertz CT molecular complexity index is 823. The summed E-state index contributed by atoms with van der Waals surface area (Å²) >= 11 is 0. The van der Waals surface area contributed by atoms with E-state index in [0.717, 1.165) is 24.8 Å². The molecule has 0 aromatic heterocycles. The van der Waals surface area contributed by atoms with Gasteiger partial charge in [-0.2, -0.15) is 5.43 Å². The van der Waals surface area contributed by atoms with Crippen LogP contribution in [-0.4, -0.2) is 71.2 Å². The van der Waals surface area contributed by atoms with Crippen molar-refractivity contribution in [2.45, 2.75) is 72.1 Å². The van der Waals surface area contributed by atoms with Crippen molar-refractivity contribution in [1.29, 1.82) is 0 Å². The average Bonchev–Trinajstić information content (AvgIpc) is 3.18. The van der Waals surface area contributed by atoms with E-state index in [1.54, 1.807) is 4.90 Å². The molecule has 0 spiro atoms. The van der Waals surface area contributed by atoms with Crippen LogP contribution in [0, 0.1) is 11.8 Å². The molecule has 2 heterocycles. The largest absolute Gasteiger partial charge is 0.426 e. The smallest absolute Gasteiger partial charge is 0.420 e. The number of nitrogens with zero attached hydrogens (tertiary/aromatic N) is 3. The molecule has 3 rings (SSSR count). The predicted molar refractivity (Wildman–Crippen MR) is 131 cm³/mol. The van der Waals surface area contributed by atoms with Gasteiger partial charge >= 0.3 is 12.1 Å². The Kier molecular flexibility index (Phi) is 9.33. The van der Waals surface area contributed by atoms with Crippen molar-refractivity contribution in [3.63, 3.8) is 0 Å². The normalized spacial score (nSPS) is 19.5. The van der Waals surface area contributed by atoms with Crippen LogP contribution in [0.15, 0.2) is 30.3 Å². The molecule has 8 nitrogen and oxygen atoms in total. The lowest BCUT2D eigenvalue weighted by Gasteiger charge is -2.38. The molecular formula is C26H40N4O4. The number of carbonyl (C=O) groups is 3. The minimum absolute atomic E-state index is 0.0991. The van der Waals surface area contributed by atoms with Gasteiger partial charge in [0.05, 0.1) is 6.04 Å². The molecule has 1 N–H and O–H groups in total. The highest BCUT2D eigenvalue weighted by molar-refractivity contribution is 5.93. The van der Waals surface area contributed by atoms with Gasteiger partial charge in [-0.15, -0.1) is 0 Å². The van der Waals surface area contributed by atoms with Gasteiger partial charge in [-0.25, -0.2) is 14.6 Å². The number of cyclic esters (lactones) is 1. The standard InChI is InChI=1S/C26H40N4O4/c1-19(2)17-22(23(31)24-27-30(18-20(3)4)26(33)34-24)29(16-13-21-11-7-5-8-12-21)25(32)28-14-9-6-10-15-28/h5,7-8,11-12,19-20,22,24,27H,6,9-10,13-18H2,1-4H3/t22-,24?/m0/s1. The van der Waals surface area contributed by atoms with Gasteiger partial charge in [0, 0.05) is 26.2 Å². The molecule has 3 amide bonds. The molecule has 8 heteroatoms. The molecule has 34 heavy (non-hydrogen) atoms. The summed E-state index contributed by atoms with van der Waals surface area (Å²) in [6.07, 6.45) is 2.61.